The molecule has 1 N–H and O–H groups in total. The number of carbonyl (C=O) groups is 1. The zero-order valence-corrected chi connectivity index (χ0v) is 24.1. The van der Waals surface area contributed by atoms with Gasteiger partial charge in [-0.15, -0.1) is 0 Å². The van der Waals surface area contributed by atoms with Gasteiger partial charge in [0.15, 0.2) is 0 Å². The predicted octanol–water partition coefficient (Wildman–Crippen LogP) is 5.06. The van der Waals surface area contributed by atoms with Gasteiger partial charge in [0, 0.05) is 5.69 Å². The number of amides is 1. The number of hydrogen-bond donors (Lipinski definition) is 1. The van der Waals surface area contributed by atoms with Crippen LogP contribution in [-0.2, 0) is 29.1 Å². The molecule has 3 aromatic carbocycles. The standard InChI is InChI=1S/C27H28F2N2O8S2/c1-17-25(16-37-41(35,36)22-12-7-19(29)8-13-22)38-24-14-9-20(30-26(32)39-27(2,3)4)15-23(24)31(17)40(33,34)21-10-5-18(28)6-11-21/h5-15,17,25H,16H2,1-4H3,(H,30,32)/t17?,25-/m1/s1. The number of carbonyl (C=O) groups excluding carboxylic acids is 1. The second-order valence-electron chi connectivity index (χ2n) is 10.2. The quantitative estimate of drug-likeness (QED) is 0.368. The largest absolute Gasteiger partial charge is 0.484 e. The highest BCUT2D eigenvalue weighted by molar-refractivity contribution is 7.92. The van der Waals surface area contributed by atoms with Gasteiger partial charge >= 0.3 is 6.09 Å². The van der Waals surface area contributed by atoms with Crippen molar-refractivity contribution in [2.75, 3.05) is 16.2 Å². The Kier molecular flexibility index (Phi) is 8.30. The number of anilines is 2. The van der Waals surface area contributed by atoms with Crippen LogP contribution in [0.1, 0.15) is 27.7 Å². The molecule has 41 heavy (non-hydrogen) atoms. The Morgan fingerprint density at radius 2 is 1.49 bits per heavy atom. The Morgan fingerprint density at radius 1 is 0.927 bits per heavy atom. The average Bonchev–Trinajstić information content (AvgIpc) is 2.87. The van der Waals surface area contributed by atoms with Gasteiger partial charge in [-0.05, 0) is 94.4 Å². The molecular weight excluding hydrogens is 582 g/mol. The Balaban J connectivity index is 1.69. The van der Waals surface area contributed by atoms with Crippen molar-refractivity contribution < 1.29 is 44.1 Å². The molecule has 0 spiro atoms. The van der Waals surface area contributed by atoms with Crippen LogP contribution in [0.2, 0.25) is 0 Å². The van der Waals surface area contributed by atoms with Gasteiger partial charge < -0.3 is 9.47 Å². The van der Waals surface area contributed by atoms with Crippen LogP contribution >= 0.6 is 0 Å². The lowest BCUT2D eigenvalue weighted by atomic mass is 10.1. The van der Waals surface area contributed by atoms with E-state index in [1.807, 2.05) is 0 Å². The minimum atomic E-state index is -4.36. The number of nitrogens with zero attached hydrogens (tertiary/aromatic N) is 1. The van der Waals surface area contributed by atoms with Crippen molar-refractivity contribution >= 4 is 37.6 Å². The average molecular weight is 611 g/mol. The third-order valence-corrected chi connectivity index (χ3v) is 9.10. The van der Waals surface area contributed by atoms with Crippen molar-refractivity contribution in [2.24, 2.45) is 0 Å². The van der Waals surface area contributed by atoms with E-state index >= 15 is 0 Å². The smallest absolute Gasteiger partial charge is 0.412 e. The van der Waals surface area contributed by atoms with Crippen LogP contribution in [0.4, 0.5) is 25.0 Å². The van der Waals surface area contributed by atoms with Crippen molar-refractivity contribution in [3.8, 4) is 5.75 Å². The number of sulfonamides is 1. The van der Waals surface area contributed by atoms with E-state index in [1.54, 1.807) is 20.8 Å². The summed E-state index contributed by atoms with van der Waals surface area (Å²) in [5, 5.41) is 2.54. The topological polar surface area (TPSA) is 128 Å². The molecule has 220 valence electrons. The first-order valence-corrected chi connectivity index (χ1v) is 15.2. The Hall–Kier alpha value is -3.75. The predicted molar refractivity (Wildman–Crippen MR) is 146 cm³/mol. The highest BCUT2D eigenvalue weighted by Gasteiger charge is 2.41. The van der Waals surface area contributed by atoms with E-state index < -0.39 is 62.2 Å². The van der Waals surface area contributed by atoms with E-state index in [9.17, 15) is 30.4 Å². The minimum absolute atomic E-state index is 0.0352. The highest BCUT2D eigenvalue weighted by atomic mass is 32.2. The Morgan fingerprint density at radius 3 is 2.05 bits per heavy atom. The summed E-state index contributed by atoms with van der Waals surface area (Å²) in [4.78, 5) is 11.8. The van der Waals surface area contributed by atoms with E-state index in [4.69, 9.17) is 13.7 Å². The van der Waals surface area contributed by atoms with Crippen LogP contribution in [-0.4, -0.2) is 47.3 Å². The summed E-state index contributed by atoms with van der Waals surface area (Å²) in [6, 6.07) is 11.4. The van der Waals surface area contributed by atoms with Crippen LogP contribution in [0.15, 0.2) is 76.5 Å². The van der Waals surface area contributed by atoms with Gasteiger partial charge in [-0.25, -0.2) is 22.0 Å². The fourth-order valence-electron chi connectivity index (χ4n) is 3.99. The van der Waals surface area contributed by atoms with Gasteiger partial charge in [-0.3, -0.25) is 13.8 Å². The lowest BCUT2D eigenvalue weighted by molar-refractivity contribution is 0.0636. The van der Waals surface area contributed by atoms with E-state index in [1.165, 1.54) is 25.1 Å². The molecule has 0 radical (unpaired) electrons. The molecule has 1 aliphatic rings. The number of hydrogen-bond acceptors (Lipinski definition) is 8. The summed E-state index contributed by atoms with van der Waals surface area (Å²) in [6.07, 6.45) is -1.90. The molecule has 10 nitrogen and oxygen atoms in total. The molecule has 0 fully saturated rings. The van der Waals surface area contributed by atoms with E-state index in [0.29, 0.717) is 0 Å². The number of nitrogens with one attached hydrogen (secondary N) is 1. The third kappa shape index (κ3) is 6.94. The lowest BCUT2D eigenvalue weighted by Crippen LogP contribution is -2.52. The summed E-state index contributed by atoms with van der Waals surface area (Å²) in [7, 11) is -8.70. The minimum Gasteiger partial charge on any atom is -0.484 e. The van der Waals surface area contributed by atoms with Gasteiger partial charge in [0.1, 0.15) is 35.7 Å². The number of fused-ring (bicyclic) bond motifs is 1. The maximum absolute atomic E-state index is 13.8. The zero-order chi connectivity index (χ0) is 30.2. The highest BCUT2D eigenvalue weighted by Crippen LogP contribution is 2.42. The molecule has 1 heterocycles. The van der Waals surface area contributed by atoms with Gasteiger partial charge in [-0.2, -0.15) is 8.42 Å². The fourth-order valence-corrected chi connectivity index (χ4v) is 6.59. The first-order valence-electron chi connectivity index (χ1n) is 12.3. The summed E-state index contributed by atoms with van der Waals surface area (Å²) in [5.74, 6) is -1.22. The number of rotatable bonds is 7. The summed E-state index contributed by atoms with van der Waals surface area (Å²) >= 11 is 0. The number of halogens is 2. The van der Waals surface area contributed by atoms with Crippen molar-refractivity contribution in [2.45, 2.75) is 55.2 Å². The van der Waals surface area contributed by atoms with Crippen LogP contribution < -0.4 is 14.4 Å². The summed E-state index contributed by atoms with van der Waals surface area (Å²) in [6.45, 7) is 5.95. The molecule has 1 aliphatic heterocycles. The molecule has 0 aromatic heterocycles. The maximum Gasteiger partial charge on any atom is 0.412 e. The molecule has 4 rings (SSSR count). The second-order valence-corrected chi connectivity index (χ2v) is 13.6. The fraction of sp³-hybridized carbons (Fsp3) is 0.296. The molecule has 0 aliphatic carbocycles. The van der Waals surface area contributed by atoms with Crippen molar-refractivity contribution in [1.82, 2.24) is 0 Å². The van der Waals surface area contributed by atoms with E-state index in [0.717, 1.165) is 52.8 Å². The third-order valence-electron chi connectivity index (χ3n) is 5.89. The van der Waals surface area contributed by atoms with Crippen LogP contribution in [0.3, 0.4) is 0 Å². The number of ether oxygens (including phenoxy) is 2. The molecule has 0 saturated heterocycles. The summed E-state index contributed by atoms with van der Waals surface area (Å²) in [5.41, 5.74) is -0.551. The van der Waals surface area contributed by atoms with E-state index in [2.05, 4.69) is 5.32 Å². The zero-order valence-electron chi connectivity index (χ0n) is 22.5. The Bertz CT molecular complexity index is 1640. The molecule has 3 aromatic rings. The van der Waals surface area contributed by atoms with Crippen LogP contribution in [0.5, 0.6) is 5.75 Å². The van der Waals surface area contributed by atoms with Crippen molar-refractivity contribution in [3.63, 3.8) is 0 Å². The molecule has 1 amide bonds. The summed E-state index contributed by atoms with van der Waals surface area (Å²) < 4.78 is 97.3. The second kappa shape index (κ2) is 11.3. The van der Waals surface area contributed by atoms with Gasteiger partial charge in [-0.1, -0.05) is 0 Å². The molecule has 14 heteroatoms. The molecule has 0 bridgehead atoms. The molecule has 1 unspecified atom stereocenters. The monoisotopic (exact) mass is 610 g/mol. The SMILES string of the molecule is CC1[C@@H](COS(=O)(=O)c2ccc(F)cc2)Oc2ccc(NC(=O)OC(C)(C)C)cc2N1S(=O)(=O)c1ccc(F)cc1. The molecular formula is C27H28F2N2O8S2. The number of benzene rings is 3. The van der Waals surface area contributed by atoms with Crippen LogP contribution in [0, 0.1) is 11.6 Å². The van der Waals surface area contributed by atoms with Gasteiger partial charge in [0.05, 0.1) is 21.5 Å². The lowest BCUT2D eigenvalue weighted by Gasteiger charge is -2.40. The first kappa shape index (κ1) is 30.2. The van der Waals surface area contributed by atoms with Crippen LogP contribution in [0.25, 0.3) is 0 Å². The van der Waals surface area contributed by atoms with E-state index in [-0.39, 0.29) is 26.9 Å². The Labute approximate surface area is 237 Å². The normalized spacial score (nSPS) is 17.4. The molecule has 2 atom stereocenters. The van der Waals surface area contributed by atoms with Crippen molar-refractivity contribution in [3.05, 3.63) is 78.4 Å². The first-order chi connectivity index (χ1) is 19.1. The van der Waals surface area contributed by atoms with Crippen molar-refractivity contribution in [1.29, 1.82) is 0 Å². The molecule has 0 saturated carbocycles. The van der Waals surface area contributed by atoms with Gasteiger partial charge in [0.25, 0.3) is 20.1 Å². The van der Waals surface area contributed by atoms with Gasteiger partial charge in [0.2, 0.25) is 0 Å². The maximum atomic E-state index is 13.8.